The summed E-state index contributed by atoms with van der Waals surface area (Å²) in [6.45, 7) is 8.36. The van der Waals surface area contributed by atoms with Crippen LogP contribution in [0.2, 0.25) is 0 Å². The number of anilines is 1. The second kappa shape index (κ2) is 5.20. The van der Waals surface area contributed by atoms with Gasteiger partial charge in [0.1, 0.15) is 5.82 Å². The molecule has 0 saturated carbocycles. The van der Waals surface area contributed by atoms with E-state index in [1.165, 1.54) is 0 Å². The normalized spacial score (nSPS) is 20.1. The highest BCUT2D eigenvalue weighted by Crippen LogP contribution is 2.22. The topological polar surface area (TPSA) is 44.3 Å². The van der Waals surface area contributed by atoms with Crippen molar-refractivity contribution in [1.29, 1.82) is 0 Å². The molecule has 0 radical (unpaired) electrons. The number of nitrogens with one attached hydrogen (secondary N) is 1. The van der Waals surface area contributed by atoms with Crippen molar-refractivity contribution in [1.82, 2.24) is 20.2 Å². The van der Waals surface area contributed by atoms with E-state index >= 15 is 0 Å². The van der Waals surface area contributed by atoms with E-state index in [2.05, 4.69) is 46.0 Å². The van der Waals surface area contributed by atoms with Gasteiger partial charge in [-0.3, -0.25) is 9.88 Å². The Labute approximate surface area is 109 Å². The standard InChI is InChI=1S/C13H23N5/c1-13(2)10-18(6-5-17(13)4)12-9-15-11(7-14-3)8-16-12/h8-9,14H,5-7,10H2,1-4H3. The number of nitrogens with zero attached hydrogens (tertiary/aromatic N) is 4. The molecule has 100 valence electrons. The van der Waals surface area contributed by atoms with Crippen LogP contribution >= 0.6 is 0 Å². The minimum atomic E-state index is 0.184. The molecular weight excluding hydrogens is 226 g/mol. The Morgan fingerprint density at radius 1 is 1.28 bits per heavy atom. The van der Waals surface area contributed by atoms with Crippen LogP contribution in [0.3, 0.4) is 0 Å². The van der Waals surface area contributed by atoms with Crippen molar-refractivity contribution in [3.05, 3.63) is 18.1 Å². The van der Waals surface area contributed by atoms with Crippen LogP contribution in [0.5, 0.6) is 0 Å². The van der Waals surface area contributed by atoms with Gasteiger partial charge in [-0.1, -0.05) is 0 Å². The highest BCUT2D eigenvalue weighted by Gasteiger charge is 2.31. The summed E-state index contributed by atoms with van der Waals surface area (Å²) in [5, 5.41) is 3.08. The molecule has 1 N–H and O–H groups in total. The third kappa shape index (κ3) is 2.79. The first kappa shape index (κ1) is 13.2. The highest BCUT2D eigenvalue weighted by molar-refractivity contribution is 5.37. The van der Waals surface area contributed by atoms with Gasteiger partial charge in [0.2, 0.25) is 0 Å². The first-order chi connectivity index (χ1) is 8.53. The SMILES string of the molecule is CNCc1cnc(N2CCN(C)C(C)(C)C2)cn1. The molecule has 1 aromatic heterocycles. The first-order valence-corrected chi connectivity index (χ1v) is 6.44. The number of likely N-dealkylation sites (N-methyl/N-ethyl adjacent to an activating group) is 1. The predicted octanol–water partition coefficient (Wildman–Crippen LogP) is 0.726. The molecule has 1 fully saturated rings. The van der Waals surface area contributed by atoms with Gasteiger partial charge in [-0.25, -0.2) is 4.98 Å². The lowest BCUT2D eigenvalue weighted by Gasteiger charge is -2.45. The Bertz CT molecular complexity index is 387. The zero-order chi connectivity index (χ0) is 13.2. The van der Waals surface area contributed by atoms with Gasteiger partial charge in [0.15, 0.2) is 0 Å². The molecule has 5 nitrogen and oxygen atoms in total. The van der Waals surface area contributed by atoms with E-state index in [9.17, 15) is 0 Å². The Kier molecular flexibility index (Phi) is 3.82. The molecular formula is C13H23N5. The van der Waals surface area contributed by atoms with Crippen LogP contribution in [0.1, 0.15) is 19.5 Å². The molecule has 2 heterocycles. The molecule has 0 bridgehead atoms. The van der Waals surface area contributed by atoms with Crippen LogP contribution < -0.4 is 10.2 Å². The van der Waals surface area contributed by atoms with Gasteiger partial charge in [-0.2, -0.15) is 0 Å². The molecule has 0 amide bonds. The summed E-state index contributed by atoms with van der Waals surface area (Å²) in [7, 11) is 4.09. The Balaban J connectivity index is 2.08. The Morgan fingerprint density at radius 2 is 2.06 bits per heavy atom. The van der Waals surface area contributed by atoms with Crippen molar-refractivity contribution in [2.75, 3.05) is 38.6 Å². The zero-order valence-corrected chi connectivity index (χ0v) is 11.8. The van der Waals surface area contributed by atoms with Crippen molar-refractivity contribution in [3.8, 4) is 0 Å². The van der Waals surface area contributed by atoms with Gasteiger partial charge in [0.25, 0.3) is 0 Å². The molecule has 1 aliphatic heterocycles. The number of rotatable bonds is 3. The quantitative estimate of drug-likeness (QED) is 0.855. The van der Waals surface area contributed by atoms with E-state index < -0.39 is 0 Å². The van der Waals surface area contributed by atoms with Gasteiger partial charge in [-0.05, 0) is 27.9 Å². The Hall–Kier alpha value is -1.20. The van der Waals surface area contributed by atoms with Gasteiger partial charge < -0.3 is 10.2 Å². The largest absolute Gasteiger partial charge is 0.352 e. The lowest BCUT2D eigenvalue weighted by atomic mass is 10.00. The predicted molar refractivity (Wildman–Crippen MR) is 73.7 cm³/mol. The monoisotopic (exact) mass is 249 g/mol. The molecule has 1 aromatic rings. The fourth-order valence-corrected chi connectivity index (χ4v) is 2.22. The lowest BCUT2D eigenvalue weighted by molar-refractivity contribution is 0.138. The molecule has 1 aliphatic rings. The van der Waals surface area contributed by atoms with E-state index in [1.54, 1.807) is 0 Å². The number of piperazine rings is 1. The van der Waals surface area contributed by atoms with E-state index in [4.69, 9.17) is 0 Å². The molecule has 5 heteroatoms. The van der Waals surface area contributed by atoms with Crippen LogP contribution in [0.15, 0.2) is 12.4 Å². The number of aromatic nitrogens is 2. The second-order valence-corrected chi connectivity index (χ2v) is 5.55. The fourth-order valence-electron chi connectivity index (χ4n) is 2.22. The summed E-state index contributed by atoms with van der Waals surface area (Å²) in [6.07, 6.45) is 3.74. The summed E-state index contributed by atoms with van der Waals surface area (Å²) in [4.78, 5) is 13.7. The van der Waals surface area contributed by atoms with E-state index in [-0.39, 0.29) is 5.54 Å². The third-order valence-corrected chi connectivity index (χ3v) is 3.69. The van der Waals surface area contributed by atoms with Crippen molar-refractivity contribution >= 4 is 5.82 Å². The first-order valence-electron chi connectivity index (χ1n) is 6.44. The van der Waals surface area contributed by atoms with E-state index in [1.807, 2.05) is 19.4 Å². The van der Waals surface area contributed by atoms with E-state index in [0.29, 0.717) is 0 Å². The molecule has 1 saturated heterocycles. The maximum absolute atomic E-state index is 4.52. The molecule has 0 aliphatic carbocycles. The van der Waals surface area contributed by atoms with Crippen molar-refractivity contribution in [2.45, 2.75) is 25.9 Å². The van der Waals surface area contributed by atoms with Crippen LogP contribution in [0.25, 0.3) is 0 Å². The maximum atomic E-state index is 4.52. The molecule has 0 aromatic carbocycles. The zero-order valence-electron chi connectivity index (χ0n) is 11.8. The average Bonchev–Trinajstić information content (AvgIpc) is 2.34. The van der Waals surface area contributed by atoms with Crippen molar-refractivity contribution < 1.29 is 0 Å². The van der Waals surface area contributed by atoms with Crippen LogP contribution in [-0.4, -0.2) is 54.1 Å². The van der Waals surface area contributed by atoms with Crippen molar-refractivity contribution in [3.63, 3.8) is 0 Å². The molecule has 2 rings (SSSR count). The maximum Gasteiger partial charge on any atom is 0.147 e. The summed E-state index contributed by atoms with van der Waals surface area (Å²) in [5.74, 6) is 0.982. The van der Waals surface area contributed by atoms with Gasteiger partial charge in [0, 0.05) is 31.7 Å². The summed E-state index contributed by atoms with van der Waals surface area (Å²) in [5.41, 5.74) is 1.17. The highest BCUT2D eigenvalue weighted by atomic mass is 15.3. The van der Waals surface area contributed by atoms with Gasteiger partial charge in [-0.15, -0.1) is 0 Å². The Morgan fingerprint density at radius 3 is 2.61 bits per heavy atom. The fraction of sp³-hybridized carbons (Fsp3) is 0.692. The van der Waals surface area contributed by atoms with Gasteiger partial charge in [0.05, 0.1) is 18.1 Å². The summed E-state index contributed by atoms with van der Waals surface area (Å²) in [6, 6.07) is 0. The van der Waals surface area contributed by atoms with Crippen molar-refractivity contribution in [2.24, 2.45) is 0 Å². The molecule has 18 heavy (non-hydrogen) atoms. The minimum Gasteiger partial charge on any atom is -0.352 e. The molecule has 0 unspecified atom stereocenters. The third-order valence-electron chi connectivity index (χ3n) is 3.69. The molecule has 0 spiro atoms. The number of hydrogen-bond donors (Lipinski definition) is 1. The van der Waals surface area contributed by atoms with E-state index in [0.717, 1.165) is 37.7 Å². The average molecular weight is 249 g/mol. The second-order valence-electron chi connectivity index (χ2n) is 5.55. The molecule has 0 atom stereocenters. The van der Waals surface area contributed by atoms with Crippen LogP contribution in [-0.2, 0) is 6.54 Å². The lowest BCUT2D eigenvalue weighted by Crippen LogP contribution is -2.57. The van der Waals surface area contributed by atoms with Crippen LogP contribution in [0.4, 0.5) is 5.82 Å². The van der Waals surface area contributed by atoms with Crippen LogP contribution in [0, 0.1) is 0 Å². The summed E-state index contributed by atoms with van der Waals surface area (Å²) >= 11 is 0. The minimum absolute atomic E-state index is 0.184. The van der Waals surface area contributed by atoms with Gasteiger partial charge >= 0.3 is 0 Å². The smallest absolute Gasteiger partial charge is 0.147 e. The number of hydrogen-bond acceptors (Lipinski definition) is 5. The summed E-state index contributed by atoms with van der Waals surface area (Å²) < 4.78 is 0.